The highest BCUT2D eigenvalue weighted by molar-refractivity contribution is 5.91. The van der Waals surface area contributed by atoms with Gasteiger partial charge < -0.3 is 15.2 Å². The Kier molecular flexibility index (Phi) is 5.74. The van der Waals surface area contributed by atoms with Gasteiger partial charge in [0.1, 0.15) is 12.4 Å². The minimum atomic E-state index is -1.06. The number of nitrogens with zero attached hydrogens (tertiary/aromatic N) is 1. The Bertz CT molecular complexity index is 436. The van der Waals surface area contributed by atoms with Crippen molar-refractivity contribution < 1.29 is 23.8 Å². The number of nitrogens with one attached hydrogen (secondary N) is 1. The van der Waals surface area contributed by atoms with Crippen LogP contribution >= 0.6 is 0 Å². The van der Waals surface area contributed by atoms with Crippen molar-refractivity contribution in [3.05, 3.63) is 30.1 Å². The fraction of sp³-hybridized carbons (Fsp3) is 0.333. The van der Waals surface area contributed by atoms with Crippen LogP contribution in [0.25, 0.3) is 0 Å². The lowest BCUT2D eigenvalue weighted by atomic mass is 10.3. The predicted molar refractivity (Wildman–Crippen MR) is 66.7 cm³/mol. The van der Waals surface area contributed by atoms with Gasteiger partial charge in [0, 0.05) is 19.3 Å². The number of hydrogen-bond acceptors (Lipinski definition) is 3. The van der Waals surface area contributed by atoms with Gasteiger partial charge in [-0.25, -0.2) is 14.0 Å². The molecule has 1 aromatic carbocycles. The molecule has 0 atom stereocenters. The standard InChI is InChI=1S/C12H15FN2O4/c1-15(10-4-2-9(13)3-5-10)12(18)14-6-7-19-8-11(16)17/h2-5H,6-8H2,1H3,(H,14,18)(H,16,17). The highest BCUT2D eigenvalue weighted by Crippen LogP contribution is 2.12. The quantitative estimate of drug-likeness (QED) is 0.758. The summed E-state index contributed by atoms with van der Waals surface area (Å²) in [5.74, 6) is -1.44. The Balaban J connectivity index is 2.32. The average Bonchev–Trinajstić information content (AvgIpc) is 2.37. The zero-order valence-corrected chi connectivity index (χ0v) is 10.4. The molecule has 0 saturated heterocycles. The average molecular weight is 270 g/mol. The lowest BCUT2D eigenvalue weighted by molar-refractivity contribution is -0.142. The number of halogens is 1. The van der Waals surface area contributed by atoms with Crippen molar-refractivity contribution in [2.45, 2.75) is 0 Å². The van der Waals surface area contributed by atoms with E-state index in [1.165, 1.54) is 29.2 Å². The van der Waals surface area contributed by atoms with Crippen molar-refractivity contribution >= 4 is 17.7 Å². The van der Waals surface area contributed by atoms with Crippen molar-refractivity contribution in [2.24, 2.45) is 0 Å². The summed E-state index contributed by atoms with van der Waals surface area (Å²) in [5, 5.41) is 10.9. The van der Waals surface area contributed by atoms with E-state index in [2.05, 4.69) is 5.32 Å². The molecule has 0 spiro atoms. The van der Waals surface area contributed by atoms with E-state index in [-0.39, 0.29) is 25.0 Å². The number of anilines is 1. The Morgan fingerprint density at radius 2 is 2.00 bits per heavy atom. The van der Waals surface area contributed by atoms with E-state index in [4.69, 9.17) is 9.84 Å². The van der Waals surface area contributed by atoms with Crippen molar-refractivity contribution in [1.29, 1.82) is 0 Å². The Morgan fingerprint density at radius 3 is 2.58 bits per heavy atom. The number of carboxylic acids is 1. The third-order valence-corrected chi connectivity index (χ3v) is 2.27. The summed E-state index contributed by atoms with van der Waals surface area (Å²) in [5.41, 5.74) is 0.547. The fourth-order valence-corrected chi connectivity index (χ4v) is 1.29. The molecular formula is C12H15FN2O4. The summed E-state index contributed by atoms with van der Waals surface area (Å²) in [6, 6.07) is 5.10. The van der Waals surface area contributed by atoms with Gasteiger partial charge in [-0.2, -0.15) is 0 Å². The first-order valence-corrected chi connectivity index (χ1v) is 5.57. The highest BCUT2D eigenvalue weighted by atomic mass is 19.1. The van der Waals surface area contributed by atoms with Crippen molar-refractivity contribution in [2.75, 3.05) is 31.7 Å². The van der Waals surface area contributed by atoms with Crippen LogP contribution in [0.1, 0.15) is 0 Å². The zero-order chi connectivity index (χ0) is 14.3. The molecule has 0 aliphatic heterocycles. The molecule has 104 valence electrons. The van der Waals surface area contributed by atoms with E-state index in [0.717, 1.165) is 0 Å². The van der Waals surface area contributed by atoms with Crippen LogP contribution in [0.3, 0.4) is 0 Å². The normalized spacial score (nSPS) is 10.0. The van der Waals surface area contributed by atoms with Gasteiger partial charge in [0.25, 0.3) is 0 Å². The number of carboxylic acid groups (broad SMARTS) is 1. The maximum atomic E-state index is 12.7. The summed E-state index contributed by atoms with van der Waals surface area (Å²) >= 11 is 0. The highest BCUT2D eigenvalue weighted by Gasteiger charge is 2.09. The molecule has 0 bridgehead atoms. The van der Waals surface area contributed by atoms with Gasteiger partial charge in [0.05, 0.1) is 6.61 Å². The Hall–Kier alpha value is -2.15. The smallest absolute Gasteiger partial charge is 0.329 e. The number of hydrogen-bond donors (Lipinski definition) is 2. The predicted octanol–water partition coefficient (Wildman–Crippen LogP) is 1.07. The topological polar surface area (TPSA) is 78.9 Å². The van der Waals surface area contributed by atoms with Crippen LogP contribution in [0.5, 0.6) is 0 Å². The number of carbonyl (C=O) groups is 2. The second kappa shape index (κ2) is 7.32. The third-order valence-electron chi connectivity index (χ3n) is 2.27. The first-order chi connectivity index (χ1) is 9.00. The van der Waals surface area contributed by atoms with Gasteiger partial charge >= 0.3 is 12.0 Å². The van der Waals surface area contributed by atoms with Gasteiger partial charge in [-0.05, 0) is 24.3 Å². The van der Waals surface area contributed by atoms with Gasteiger partial charge in [0.2, 0.25) is 0 Å². The van der Waals surface area contributed by atoms with E-state index in [0.29, 0.717) is 5.69 Å². The zero-order valence-electron chi connectivity index (χ0n) is 10.4. The second-order valence-corrected chi connectivity index (χ2v) is 3.71. The summed E-state index contributed by atoms with van der Waals surface area (Å²) in [7, 11) is 1.54. The number of urea groups is 1. The first kappa shape index (κ1) is 14.9. The van der Waals surface area contributed by atoms with Crippen LogP contribution in [-0.4, -0.2) is 43.9 Å². The largest absolute Gasteiger partial charge is 0.480 e. The molecule has 1 rings (SSSR count). The van der Waals surface area contributed by atoms with Crippen LogP contribution in [-0.2, 0) is 9.53 Å². The molecule has 2 amide bonds. The minimum Gasteiger partial charge on any atom is -0.480 e. The molecule has 1 aromatic rings. The summed E-state index contributed by atoms with van der Waals surface area (Å²) < 4.78 is 17.5. The lowest BCUT2D eigenvalue weighted by Crippen LogP contribution is -2.39. The molecule has 0 aromatic heterocycles. The Labute approximate surface area is 109 Å². The Morgan fingerprint density at radius 1 is 1.37 bits per heavy atom. The molecule has 6 nitrogen and oxygen atoms in total. The van der Waals surface area contributed by atoms with Gasteiger partial charge in [-0.15, -0.1) is 0 Å². The molecule has 7 heteroatoms. The molecular weight excluding hydrogens is 255 g/mol. The number of carbonyl (C=O) groups excluding carboxylic acids is 1. The molecule has 2 N–H and O–H groups in total. The first-order valence-electron chi connectivity index (χ1n) is 5.57. The van der Waals surface area contributed by atoms with E-state index in [1.54, 1.807) is 7.05 Å². The molecule has 0 fully saturated rings. The van der Waals surface area contributed by atoms with Crippen LogP contribution in [0.4, 0.5) is 14.9 Å². The minimum absolute atomic E-state index is 0.106. The number of amides is 2. The van der Waals surface area contributed by atoms with Crippen LogP contribution in [0.2, 0.25) is 0 Å². The molecule has 0 aliphatic carbocycles. The van der Waals surface area contributed by atoms with E-state index < -0.39 is 12.6 Å². The van der Waals surface area contributed by atoms with E-state index in [9.17, 15) is 14.0 Å². The van der Waals surface area contributed by atoms with Crippen LogP contribution < -0.4 is 10.2 Å². The van der Waals surface area contributed by atoms with Crippen molar-refractivity contribution in [3.63, 3.8) is 0 Å². The number of benzene rings is 1. The van der Waals surface area contributed by atoms with Crippen LogP contribution in [0.15, 0.2) is 24.3 Å². The maximum Gasteiger partial charge on any atom is 0.329 e. The number of ether oxygens (including phenoxy) is 1. The second-order valence-electron chi connectivity index (χ2n) is 3.71. The molecule has 0 radical (unpaired) electrons. The van der Waals surface area contributed by atoms with Gasteiger partial charge in [-0.3, -0.25) is 4.90 Å². The molecule has 0 unspecified atom stereocenters. The number of aliphatic carboxylic acids is 1. The molecule has 19 heavy (non-hydrogen) atoms. The van der Waals surface area contributed by atoms with E-state index in [1.807, 2.05) is 0 Å². The number of rotatable bonds is 6. The maximum absolute atomic E-state index is 12.7. The molecule has 0 saturated carbocycles. The van der Waals surface area contributed by atoms with Gasteiger partial charge in [-0.1, -0.05) is 0 Å². The van der Waals surface area contributed by atoms with Crippen LogP contribution in [0, 0.1) is 5.82 Å². The fourth-order valence-electron chi connectivity index (χ4n) is 1.29. The van der Waals surface area contributed by atoms with Crippen molar-refractivity contribution in [1.82, 2.24) is 5.32 Å². The van der Waals surface area contributed by atoms with Gasteiger partial charge in [0.15, 0.2) is 0 Å². The summed E-state index contributed by atoms with van der Waals surface area (Å²) in [6.45, 7) is -0.101. The summed E-state index contributed by atoms with van der Waals surface area (Å²) in [4.78, 5) is 23.2. The molecule has 0 heterocycles. The monoisotopic (exact) mass is 270 g/mol. The van der Waals surface area contributed by atoms with Crippen molar-refractivity contribution in [3.8, 4) is 0 Å². The SMILES string of the molecule is CN(C(=O)NCCOCC(=O)O)c1ccc(F)cc1. The third kappa shape index (κ3) is 5.35. The lowest BCUT2D eigenvalue weighted by Gasteiger charge is -2.17. The summed E-state index contributed by atoms with van der Waals surface area (Å²) in [6.07, 6.45) is 0. The van der Waals surface area contributed by atoms with E-state index >= 15 is 0 Å². The molecule has 0 aliphatic rings.